The van der Waals surface area contributed by atoms with Crippen LogP contribution in [0.5, 0.6) is 0 Å². The Morgan fingerprint density at radius 2 is 1.63 bits per heavy atom. The molecule has 1 aromatic carbocycles. The first kappa shape index (κ1) is 12.0. The Morgan fingerprint density at radius 3 is 2.21 bits per heavy atom. The number of rotatable bonds is 2. The number of imide groups is 1. The molecule has 1 aliphatic rings. The van der Waals surface area contributed by atoms with Crippen molar-refractivity contribution in [3.05, 3.63) is 63.9 Å². The van der Waals surface area contributed by atoms with Gasteiger partial charge in [0.15, 0.2) is 0 Å². The molecule has 19 heavy (non-hydrogen) atoms. The van der Waals surface area contributed by atoms with Crippen LogP contribution in [0.15, 0.2) is 47.1 Å². The second-order valence-electron chi connectivity index (χ2n) is 4.17. The van der Waals surface area contributed by atoms with Crippen LogP contribution in [0.3, 0.4) is 0 Å². The van der Waals surface area contributed by atoms with Crippen molar-refractivity contribution in [2.45, 2.75) is 6.54 Å². The molecule has 94 valence electrons. The number of halogens is 1. The van der Waals surface area contributed by atoms with Gasteiger partial charge in [0, 0.05) is 10.7 Å². The summed E-state index contributed by atoms with van der Waals surface area (Å²) in [5.74, 6) is -0.531. The first-order valence-electron chi connectivity index (χ1n) is 5.73. The maximum absolute atomic E-state index is 12.2. The van der Waals surface area contributed by atoms with Crippen LogP contribution < -0.4 is 0 Å². The monoisotopic (exact) mass is 316 g/mol. The van der Waals surface area contributed by atoms with Crippen LogP contribution in [0.2, 0.25) is 0 Å². The number of carbonyl (C=O) groups excluding carboxylic acids is 2. The zero-order chi connectivity index (χ0) is 13.4. The average Bonchev–Trinajstić information content (AvgIpc) is 2.67. The molecule has 2 aromatic rings. The largest absolute Gasteiger partial charge is 0.269 e. The van der Waals surface area contributed by atoms with E-state index in [2.05, 4.69) is 20.9 Å². The third kappa shape index (κ3) is 1.96. The van der Waals surface area contributed by atoms with E-state index in [4.69, 9.17) is 0 Å². The summed E-state index contributed by atoms with van der Waals surface area (Å²) in [4.78, 5) is 29.8. The molecule has 0 radical (unpaired) electrons. The van der Waals surface area contributed by atoms with Crippen LogP contribution in [0.1, 0.15) is 26.4 Å². The number of benzene rings is 1. The van der Waals surface area contributed by atoms with E-state index < -0.39 is 0 Å². The fraction of sp³-hybridized carbons (Fsp3) is 0.0714. The van der Waals surface area contributed by atoms with Gasteiger partial charge in [0.2, 0.25) is 0 Å². The standard InChI is InChI=1S/C14H9BrN2O2/c15-11-6-3-7-16-12(11)8-17-13(18)9-4-1-2-5-10(9)14(17)19/h1-7H,8H2. The molecule has 0 fully saturated rings. The van der Waals surface area contributed by atoms with Crippen LogP contribution in [-0.4, -0.2) is 21.7 Å². The van der Waals surface area contributed by atoms with Crippen molar-refractivity contribution in [1.82, 2.24) is 9.88 Å². The number of fused-ring (bicyclic) bond motifs is 1. The molecule has 2 heterocycles. The van der Waals surface area contributed by atoms with Gasteiger partial charge in [0.1, 0.15) is 0 Å². The van der Waals surface area contributed by atoms with Gasteiger partial charge in [0.25, 0.3) is 11.8 Å². The highest BCUT2D eigenvalue weighted by molar-refractivity contribution is 9.10. The van der Waals surface area contributed by atoms with Crippen molar-refractivity contribution in [2.75, 3.05) is 0 Å². The lowest BCUT2D eigenvalue weighted by atomic mass is 10.1. The van der Waals surface area contributed by atoms with Crippen LogP contribution in [0, 0.1) is 0 Å². The second kappa shape index (κ2) is 4.59. The summed E-state index contributed by atoms with van der Waals surface area (Å²) in [6, 6.07) is 10.5. The lowest BCUT2D eigenvalue weighted by Gasteiger charge is -2.13. The highest BCUT2D eigenvalue weighted by Crippen LogP contribution is 2.25. The summed E-state index contributed by atoms with van der Waals surface area (Å²) in [6.07, 6.45) is 1.64. The Bertz CT molecular complexity index is 650. The minimum absolute atomic E-state index is 0.174. The SMILES string of the molecule is O=C1c2ccccc2C(=O)N1Cc1ncccc1Br. The molecule has 0 saturated carbocycles. The van der Waals surface area contributed by atoms with E-state index in [1.54, 1.807) is 36.5 Å². The number of nitrogens with zero attached hydrogens (tertiary/aromatic N) is 2. The van der Waals surface area contributed by atoms with Gasteiger partial charge in [-0.05, 0) is 40.2 Å². The summed E-state index contributed by atoms with van der Waals surface area (Å²) < 4.78 is 0.784. The molecule has 0 atom stereocenters. The zero-order valence-corrected chi connectivity index (χ0v) is 11.4. The third-order valence-corrected chi connectivity index (χ3v) is 3.74. The fourth-order valence-electron chi connectivity index (χ4n) is 2.07. The molecule has 5 heteroatoms. The van der Waals surface area contributed by atoms with Gasteiger partial charge in [-0.2, -0.15) is 0 Å². The Kier molecular flexibility index (Phi) is 2.91. The maximum Gasteiger partial charge on any atom is 0.261 e. The maximum atomic E-state index is 12.2. The van der Waals surface area contributed by atoms with Gasteiger partial charge < -0.3 is 0 Å². The Balaban J connectivity index is 1.95. The number of hydrogen-bond donors (Lipinski definition) is 0. The van der Waals surface area contributed by atoms with Crippen molar-refractivity contribution in [3.8, 4) is 0 Å². The quantitative estimate of drug-likeness (QED) is 0.800. The molecule has 1 aromatic heterocycles. The van der Waals surface area contributed by atoms with Gasteiger partial charge in [-0.3, -0.25) is 19.5 Å². The van der Waals surface area contributed by atoms with Crippen LogP contribution >= 0.6 is 15.9 Å². The van der Waals surface area contributed by atoms with Crippen LogP contribution in [0.4, 0.5) is 0 Å². The van der Waals surface area contributed by atoms with E-state index in [-0.39, 0.29) is 18.4 Å². The molecule has 0 spiro atoms. The number of pyridine rings is 1. The normalized spacial score (nSPS) is 13.8. The predicted molar refractivity (Wildman–Crippen MR) is 72.6 cm³/mol. The van der Waals surface area contributed by atoms with E-state index in [0.717, 1.165) is 4.47 Å². The number of carbonyl (C=O) groups is 2. The number of hydrogen-bond acceptors (Lipinski definition) is 3. The summed E-state index contributed by atoms with van der Waals surface area (Å²) >= 11 is 3.37. The third-order valence-electron chi connectivity index (χ3n) is 3.02. The molecule has 3 rings (SSSR count). The zero-order valence-electron chi connectivity index (χ0n) is 9.84. The van der Waals surface area contributed by atoms with Crippen molar-refractivity contribution in [3.63, 3.8) is 0 Å². The first-order chi connectivity index (χ1) is 9.18. The molecule has 1 aliphatic heterocycles. The summed E-state index contributed by atoms with van der Waals surface area (Å²) in [7, 11) is 0. The van der Waals surface area contributed by atoms with E-state index in [9.17, 15) is 9.59 Å². The summed E-state index contributed by atoms with van der Waals surface area (Å²) in [5, 5.41) is 0. The van der Waals surface area contributed by atoms with Crippen molar-refractivity contribution >= 4 is 27.7 Å². The van der Waals surface area contributed by atoms with E-state index in [1.165, 1.54) is 4.90 Å². The Hall–Kier alpha value is -2.01. The van der Waals surface area contributed by atoms with Gasteiger partial charge in [-0.1, -0.05) is 12.1 Å². The minimum Gasteiger partial charge on any atom is -0.269 e. The predicted octanol–water partition coefficient (Wildman–Crippen LogP) is 2.64. The average molecular weight is 317 g/mol. The van der Waals surface area contributed by atoms with Gasteiger partial charge in [0.05, 0.1) is 23.4 Å². The van der Waals surface area contributed by atoms with Crippen molar-refractivity contribution < 1.29 is 9.59 Å². The molecule has 0 N–H and O–H groups in total. The molecule has 0 aliphatic carbocycles. The first-order valence-corrected chi connectivity index (χ1v) is 6.52. The Labute approximate surface area is 118 Å². The van der Waals surface area contributed by atoms with E-state index >= 15 is 0 Å². The minimum atomic E-state index is -0.266. The molecular weight excluding hydrogens is 308 g/mol. The van der Waals surface area contributed by atoms with E-state index in [1.807, 2.05) is 6.07 Å². The number of aromatic nitrogens is 1. The highest BCUT2D eigenvalue weighted by atomic mass is 79.9. The molecular formula is C14H9BrN2O2. The molecule has 4 nitrogen and oxygen atoms in total. The Morgan fingerprint density at radius 1 is 1.00 bits per heavy atom. The number of amides is 2. The molecule has 0 bridgehead atoms. The summed E-state index contributed by atoms with van der Waals surface area (Å²) in [5.41, 5.74) is 1.58. The molecule has 0 unspecified atom stereocenters. The van der Waals surface area contributed by atoms with Gasteiger partial charge in [-0.25, -0.2) is 0 Å². The van der Waals surface area contributed by atoms with E-state index in [0.29, 0.717) is 16.8 Å². The lowest BCUT2D eigenvalue weighted by Crippen LogP contribution is -2.29. The topological polar surface area (TPSA) is 50.3 Å². The van der Waals surface area contributed by atoms with Gasteiger partial charge >= 0.3 is 0 Å². The van der Waals surface area contributed by atoms with Crippen molar-refractivity contribution in [2.24, 2.45) is 0 Å². The summed E-state index contributed by atoms with van der Waals surface area (Å²) in [6.45, 7) is 0.174. The smallest absolute Gasteiger partial charge is 0.261 e. The second-order valence-corrected chi connectivity index (χ2v) is 5.03. The fourth-order valence-corrected chi connectivity index (χ4v) is 2.45. The highest BCUT2D eigenvalue weighted by Gasteiger charge is 2.35. The lowest BCUT2D eigenvalue weighted by molar-refractivity contribution is 0.0640. The van der Waals surface area contributed by atoms with Crippen molar-refractivity contribution in [1.29, 1.82) is 0 Å². The van der Waals surface area contributed by atoms with Crippen LogP contribution in [-0.2, 0) is 6.54 Å². The van der Waals surface area contributed by atoms with Gasteiger partial charge in [-0.15, -0.1) is 0 Å². The van der Waals surface area contributed by atoms with Crippen LogP contribution in [0.25, 0.3) is 0 Å². The molecule has 2 amide bonds. The molecule has 0 saturated heterocycles.